The molecule has 1 fully saturated rings. The van der Waals surface area contributed by atoms with Crippen LogP contribution in [-0.4, -0.2) is 68.8 Å². The van der Waals surface area contributed by atoms with Crippen molar-refractivity contribution in [3.8, 4) is 11.6 Å². The quantitative estimate of drug-likeness (QED) is 0.427. The molecule has 1 aromatic carbocycles. The van der Waals surface area contributed by atoms with Crippen molar-refractivity contribution < 1.29 is 15.0 Å². The molecule has 9 heteroatoms. The number of amides is 1. The van der Waals surface area contributed by atoms with E-state index in [-0.39, 0.29) is 23.4 Å². The molecule has 170 valence electrons. The molecule has 0 unspecified atom stereocenters. The minimum atomic E-state index is -0.173. The van der Waals surface area contributed by atoms with Gasteiger partial charge in [0.25, 0.3) is 5.91 Å². The molecule has 0 saturated carbocycles. The molecule has 0 atom stereocenters. The Morgan fingerprint density at radius 1 is 1.18 bits per heavy atom. The number of carbonyl (C=O) groups excluding carboxylic acids is 1. The van der Waals surface area contributed by atoms with Crippen molar-refractivity contribution in [1.82, 2.24) is 19.8 Å². The maximum Gasteiger partial charge on any atom is 0.257 e. The molecule has 3 heterocycles. The van der Waals surface area contributed by atoms with Crippen LogP contribution >= 0.6 is 11.3 Å². The molecule has 1 aliphatic rings. The number of rotatable bonds is 6. The lowest BCUT2D eigenvalue weighted by molar-refractivity contribution is 0.0630. The van der Waals surface area contributed by atoms with E-state index in [2.05, 4.69) is 26.6 Å². The van der Waals surface area contributed by atoms with Gasteiger partial charge in [-0.15, -0.1) is 11.3 Å². The predicted octanol–water partition coefficient (Wildman–Crippen LogP) is 3.68. The number of nitrogens with zero attached hydrogens (tertiary/aromatic N) is 5. The zero-order valence-corrected chi connectivity index (χ0v) is 19.1. The lowest BCUT2D eigenvalue weighted by Crippen LogP contribution is -2.48. The van der Waals surface area contributed by atoms with E-state index in [1.54, 1.807) is 29.7 Å². The summed E-state index contributed by atoms with van der Waals surface area (Å²) in [5.41, 5.74) is 2.41. The maximum absolute atomic E-state index is 13.3. The minimum absolute atomic E-state index is 0.111. The van der Waals surface area contributed by atoms with Gasteiger partial charge in [-0.1, -0.05) is 24.3 Å². The average molecular weight is 464 g/mol. The van der Waals surface area contributed by atoms with Crippen molar-refractivity contribution in [2.75, 3.05) is 26.2 Å². The van der Waals surface area contributed by atoms with Gasteiger partial charge in [0.2, 0.25) is 5.88 Å². The van der Waals surface area contributed by atoms with Gasteiger partial charge in [-0.2, -0.15) is 4.98 Å². The second kappa shape index (κ2) is 9.93. The average Bonchev–Trinajstić information content (AvgIpc) is 3.26. The van der Waals surface area contributed by atoms with Crippen LogP contribution in [0.5, 0.6) is 11.6 Å². The van der Waals surface area contributed by atoms with E-state index in [4.69, 9.17) is 0 Å². The van der Waals surface area contributed by atoms with Crippen molar-refractivity contribution in [2.24, 2.45) is 4.99 Å². The predicted molar refractivity (Wildman–Crippen MR) is 131 cm³/mol. The number of hydrogen-bond acceptors (Lipinski definition) is 8. The van der Waals surface area contributed by atoms with Gasteiger partial charge in [0, 0.05) is 38.1 Å². The van der Waals surface area contributed by atoms with Crippen molar-refractivity contribution in [2.45, 2.75) is 13.5 Å². The summed E-state index contributed by atoms with van der Waals surface area (Å²) >= 11 is 1.25. The first-order chi connectivity index (χ1) is 16.0. The van der Waals surface area contributed by atoms with Crippen LogP contribution in [0, 0.1) is 0 Å². The third-order valence-electron chi connectivity index (χ3n) is 5.48. The number of thiophene rings is 1. The van der Waals surface area contributed by atoms with Crippen LogP contribution in [0.2, 0.25) is 0 Å². The highest BCUT2D eigenvalue weighted by atomic mass is 32.1. The van der Waals surface area contributed by atoms with Crippen LogP contribution in [-0.2, 0) is 6.54 Å². The first kappa shape index (κ1) is 22.6. The summed E-state index contributed by atoms with van der Waals surface area (Å²) in [7, 11) is 0. The number of aliphatic imine (C=N–C) groups is 1. The fraction of sp³-hybridized carbons (Fsp3) is 0.250. The number of phenolic OH excluding ortho intramolecular Hbond substituents is 1. The third-order valence-corrected chi connectivity index (χ3v) is 6.44. The van der Waals surface area contributed by atoms with Crippen LogP contribution < -0.4 is 0 Å². The van der Waals surface area contributed by atoms with E-state index in [9.17, 15) is 15.0 Å². The largest absolute Gasteiger partial charge is 0.508 e. The zero-order chi connectivity index (χ0) is 23.4. The van der Waals surface area contributed by atoms with Gasteiger partial charge in [-0.3, -0.25) is 14.7 Å². The van der Waals surface area contributed by atoms with Crippen LogP contribution in [0.15, 0.2) is 52.9 Å². The van der Waals surface area contributed by atoms with Gasteiger partial charge >= 0.3 is 0 Å². The van der Waals surface area contributed by atoms with E-state index in [1.165, 1.54) is 11.3 Å². The van der Waals surface area contributed by atoms with Gasteiger partial charge in [0.05, 0.1) is 5.56 Å². The fourth-order valence-corrected chi connectivity index (χ4v) is 4.56. The molecule has 1 aliphatic heterocycles. The molecule has 1 saturated heterocycles. The van der Waals surface area contributed by atoms with Gasteiger partial charge in [0.15, 0.2) is 5.82 Å². The molecule has 3 aromatic rings. The summed E-state index contributed by atoms with van der Waals surface area (Å²) in [6.45, 7) is 8.88. The monoisotopic (exact) mass is 463 g/mol. The van der Waals surface area contributed by atoms with Crippen LogP contribution in [0.4, 0.5) is 0 Å². The van der Waals surface area contributed by atoms with Crippen LogP contribution in [0.3, 0.4) is 0 Å². The highest BCUT2D eigenvalue weighted by Gasteiger charge is 2.26. The van der Waals surface area contributed by atoms with Gasteiger partial charge in [-0.25, -0.2) is 4.98 Å². The summed E-state index contributed by atoms with van der Waals surface area (Å²) in [4.78, 5) is 30.0. The van der Waals surface area contributed by atoms with Crippen LogP contribution in [0.25, 0.3) is 15.9 Å². The molecular formula is C24H25N5O3S. The highest BCUT2D eigenvalue weighted by Crippen LogP contribution is 2.33. The number of allylic oxidation sites excluding steroid dienone is 3. The standard InChI is InChI=1S/C24H25N5O3S/c1-3-4-5-19(25-2)22-26-20-18(15-33-21(20)23(31)27-22)24(32)29-12-10-28(11-13-29)14-16-6-8-17(30)9-7-16/h3-9,15,30H,2,10-14H2,1H3,(H,26,27,31)/b4-3-,19-5-. The molecule has 0 spiro atoms. The normalized spacial score (nSPS) is 15.4. The topological polar surface area (TPSA) is 102 Å². The van der Waals surface area contributed by atoms with Gasteiger partial charge in [0.1, 0.15) is 21.7 Å². The number of aromatic nitrogens is 2. The molecule has 4 rings (SSSR count). The molecule has 0 radical (unpaired) electrons. The molecule has 2 aromatic heterocycles. The lowest BCUT2D eigenvalue weighted by atomic mass is 10.1. The van der Waals surface area contributed by atoms with E-state index >= 15 is 0 Å². The van der Waals surface area contributed by atoms with Gasteiger partial charge < -0.3 is 15.1 Å². The molecule has 8 nitrogen and oxygen atoms in total. The van der Waals surface area contributed by atoms with Crippen LogP contribution in [0.1, 0.15) is 28.7 Å². The molecular weight excluding hydrogens is 438 g/mol. The van der Waals surface area contributed by atoms with E-state index in [0.717, 1.165) is 25.2 Å². The second-order valence-electron chi connectivity index (χ2n) is 7.67. The first-order valence-electron chi connectivity index (χ1n) is 10.6. The first-order valence-corrected chi connectivity index (χ1v) is 11.5. The van der Waals surface area contributed by atoms with Crippen molar-refractivity contribution in [1.29, 1.82) is 0 Å². The molecule has 33 heavy (non-hydrogen) atoms. The maximum atomic E-state index is 13.3. The van der Waals surface area contributed by atoms with Crippen molar-refractivity contribution in [3.63, 3.8) is 0 Å². The summed E-state index contributed by atoms with van der Waals surface area (Å²) in [6.07, 6.45) is 5.32. The minimum Gasteiger partial charge on any atom is -0.508 e. The summed E-state index contributed by atoms with van der Waals surface area (Å²) in [5, 5.41) is 21.6. The SMILES string of the molecule is C=N/C(=C\C=C/C)c1nc(O)c2scc(C(=O)N3CCN(Cc4ccc(O)cc4)CC3)c2n1. The molecule has 1 amide bonds. The number of phenols is 1. The summed E-state index contributed by atoms with van der Waals surface area (Å²) in [5.74, 6) is 0.190. The van der Waals surface area contributed by atoms with E-state index < -0.39 is 0 Å². The Hall–Kier alpha value is -3.56. The van der Waals surface area contributed by atoms with Gasteiger partial charge in [-0.05, 0) is 37.4 Å². The van der Waals surface area contributed by atoms with E-state index in [0.29, 0.717) is 34.6 Å². The Labute approximate surface area is 195 Å². The second-order valence-corrected chi connectivity index (χ2v) is 8.55. The molecule has 0 aliphatic carbocycles. The number of fused-ring (bicyclic) bond motifs is 1. The third kappa shape index (κ3) is 4.94. The number of hydrogen-bond donors (Lipinski definition) is 2. The number of piperazine rings is 1. The van der Waals surface area contributed by atoms with Crippen molar-refractivity contribution in [3.05, 3.63) is 64.8 Å². The zero-order valence-electron chi connectivity index (χ0n) is 18.3. The fourth-order valence-electron chi connectivity index (χ4n) is 3.69. The summed E-state index contributed by atoms with van der Waals surface area (Å²) < 4.78 is 0.475. The number of carbonyl (C=O) groups is 1. The Morgan fingerprint density at radius 3 is 2.58 bits per heavy atom. The Balaban J connectivity index is 1.51. The van der Waals surface area contributed by atoms with Crippen molar-refractivity contribution >= 4 is 39.9 Å². The summed E-state index contributed by atoms with van der Waals surface area (Å²) in [6, 6.07) is 7.18. The smallest absolute Gasteiger partial charge is 0.257 e. The Bertz CT molecular complexity index is 1220. The highest BCUT2D eigenvalue weighted by molar-refractivity contribution is 7.17. The lowest BCUT2D eigenvalue weighted by Gasteiger charge is -2.34. The van der Waals surface area contributed by atoms with E-state index in [1.807, 2.05) is 30.0 Å². The number of benzene rings is 1. The molecule has 0 bridgehead atoms. The Morgan fingerprint density at radius 2 is 1.91 bits per heavy atom. The molecule has 2 N–H and O–H groups in total. The Kier molecular flexibility index (Phi) is 6.81. The number of aromatic hydroxyl groups is 2.